The van der Waals surface area contributed by atoms with Crippen LogP contribution in [-0.4, -0.2) is 23.7 Å². The van der Waals surface area contributed by atoms with Crippen LogP contribution in [-0.2, 0) is 0 Å². The summed E-state index contributed by atoms with van der Waals surface area (Å²) in [5.74, 6) is 0.520. The Bertz CT molecular complexity index is 508. The molecule has 24 heavy (non-hydrogen) atoms. The SMILES string of the molecule is CCCCCOc1cc(C(=O)Cl)c(OCCCCC)cc1C(=O)Cl. The Morgan fingerprint density at radius 2 is 1.17 bits per heavy atom. The van der Waals surface area contributed by atoms with Crippen molar-refractivity contribution in [3.8, 4) is 11.5 Å². The van der Waals surface area contributed by atoms with Gasteiger partial charge < -0.3 is 9.47 Å². The maximum absolute atomic E-state index is 11.7. The molecule has 0 radical (unpaired) electrons. The molecule has 6 heteroatoms. The van der Waals surface area contributed by atoms with E-state index in [1.54, 1.807) is 0 Å². The molecule has 0 fully saturated rings. The van der Waals surface area contributed by atoms with Crippen molar-refractivity contribution in [3.63, 3.8) is 0 Å². The quantitative estimate of drug-likeness (QED) is 0.353. The first-order chi connectivity index (χ1) is 11.5. The average molecular weight is 375 g/mol. The van der Waals surface area contributed by atoms with Gasteiger partial charge in [-0.1, -0.05) is 39.5 Å². The predicted octanol–water partition coefficient (Wildman–Crippen LogP) is 5.58. The Hall–Kier alpha value is -1.26. The molecule has 0 heterocycles. The number of ether oxygens (including phenoxy) is 2. The highest BCUT2D eigenvalue weighted by atomic mass is 35.5. The summed E-state index contributed by atoms with van der Waals surface area (Å²) in [7, 11) is 0. The summed E-state index contributed by atoms with van der Waals surface area (Å²) >= 11 is 11.3. The Morgan fingerprint density at radius 3 is 1.46 bits per heavy atom. The number of rotatable bonds is 12. The minimum absolute atomic E-state index is 0.181. The molecule has 1 aromatic rings. The smallest absolute Gasteiger partial charge is 0.256 e. The van der Waals surface area contributed by atoms with Crippen molar-refractivity contribution >= 4 is 33.7 Å². The molecule has 0 saturated carbocycles. The number of hydrogen-bond acceptors (Lipinski definition) is 4. The summed E-state index contributed by atoms with van der Waals surface area (Å²) in [6, 6.07) is 2.87. The molecule has 134 valence electrons. The third kappa shape index (κ3) is 6.70. The molecule has 0 saturated heterocycles. The van der Waals surface area contributed by atoms with E-state index in [0.717, 1.165) is 38.5 Å². The first-order valence-electron chi connectivity index (χ1n) is 8.34. The molecule has 0 atom stereocenters. The predicted molar refractivity (Wildman–Crippen MR) is 96.8 cm³/mol. The lowest BCUT2D eigenvalue weighted by atomic mass is 10.1. The molecule has 0 aliphatic heterocycles. The second-order valence-corrected chi connectivity index (χ2v) is 6.19. The second kappa shape index (κ2) is 11.3. The zero-order chi connectivity index (χ0) is 17.9. The zero-order valence-electron chi connectivity index (χ0n) is 14.2. The van der Waals surface area contributed by atoms with E-state index in [1.807, 2.05) is 0 Å². The van der Waals surface area contributed by atoms with Crippen LogP contribution in [0, 0.1) is 0 Å². The van der Waals surface area contributed by atoms with Crippen molar-refractivity contribution in [2.75, 3.05) is 13.2 Å². The van der Waals surface area contributed by atoms with Crippen molar-refractivity contribution in [1.29, 1.82) is 0 Å². The van der Waals surface area contributed by atoms with E-state index in [1.165, 1.54) is 12.1 Å². The Kier molecular flexibility index (Phi) is 9.80. The Labute approximate surface area is 153 Å². The molecule has 1 aromatic carbocycles. The van der Waals surface area contributed by atoms with E-state index in [0.29, 0.717) is 13.2 Å². The van der Waals surface area contributed by atoms with E-state index in [4.69, 9.17) is 32.7 Å². The highest BCUT2D eigenvalue weighted by Gasteiger charge is 2.19. The largest absolute Gasteiger partial charge is 0.493 e. The Morgan fingerprint density at radius 1 is 0.792 bits per heavy atom. The van der Waals surface area contributed by atoms with E-state index >= 15 is 0 Å². The average Bonchev–Trinajstić information content (AvgIpc) is 2.55. The van der Waals surface area contributed by atoms with Crippen LogP contribution in [0.1, 0.15) is 73.1 Å². The van der Waals surface area contributed by atoms with E-state index in [2.05, 4.69) is 13.8 Å². The van der Waals surface area contributed by atoms with E-state index in [9.17, 15) is 9.59 Å². The van der Waals surface area contributed by atoms with E-state index in [-0.39, 0.29) is 22.6 Å². The van der Waals surface area contributed by atoms with Crippen LogP contribution >= 0.6 is 23.2 Å². The van der Waals surface area contributed by atoms with Gasteiger partial charge in [-0.05, 0) is 48.2 Å². The molecular weight excluding hydrogens is 351 g/mol. The van der Waals surface area contributed by atoms with Gasteiger partial charge >= 0.3 is 0 Å². The summed E-state index contributed by atoms with van der Waals surface area (Å²) in [6.07, 6.45) is 5.85. The van der Waals surface area contributed by atoms with Crippen molar-refractivity contribution in [2.45, 2.75) is 52.4 Å². The summed E-state index contributed by atoms with van der Waals surface area (Å²) < 4.78 is 11.2. The number of hydrogen-bond donors (Lipinski definition) is 0. The van der Waals surface area contributed by atoms with Crippen LogP contribution in [0.4, 0.5) is 0 Å². The van der Waals surface area contributed by atoms with Crippen molar-refractivity contribution in [1.82, 2.24) is 0 Å². The third-order valence-electron chi connectivity index (χ3n) is 3.52. The highest BCUT2D eigenvalue weighted by Crippen LogP contribution is 2.32. The van der Waals surface area contributed by atoms with Crippen molar-refractivity contribution in [3.05, 3.63) is 23.3 Å². The maximum atomic E-state index is 11.7. The van der Waals surface area contributed by atoms with Gasteiger partial charge in [-0.15, -0.1) is 0 Å². The van der Waals surface area contributed by atoms with Crippen LogP contribution in [0.25, 0.3) is 0 Å². The molecule has 0 aromatic heterocycles. The monoisotopic (exact) mass is 374 g/mol. The summed E-state index contributed by atoms with van der Waals surface area (Å²) in [5, 5.41) is -1.32. The number of carbonyl (C=O) groups is 2. The van der Waals surface area contributed by atoms with Gasteiger partial charge in [-0.2, -0.15) is 0 Å². The topological polar surface area (TPSA) is 52.6 Å². The fourth-order valence-electron chi connectivity index (χ4n) is 2.17. The van der Waals surface area contributed by atoms with Gasteiger partial charge in [0.2, 0.25) is 0 Å². The molecule has 0 bridgehead atoms. The third-order valence-corrected chi connectivity index (χ3v) is 3.92. The molecule has 0 amide bonds. The van der Waals surface area contributed by atoms with Crippen molar-refractivity contribution in [2.24, 2.45) is 0 Å². The zero-order valence-corrected chi connectivity index (χ0v) is 15.7. The summed E-state index contributed by atoms with van der Waals surface area (Å²) in [6.45, 7) is 5.06. The molecule has 0 aliphatic carbocycles. The lowest BCUT2D eigenvalue weighted by Crippen LogP contribution is -2.07. The molecule has 0 N–H and O–H groups in total. The lowest BCUT2D eigenvalue weighted by molar-refractivity contribution is 0.106. The fourth-order valence-corrected chi connectivity index (χ4v) is 2.47. The van der Waals surface area contributed by atoms with Gasteiger partial charge in [-0.25, -0.2) is 0 Å². The standard InChI is InChI=1S/C18H24Cl2O4/c1-3-5-7-9-23-15-11-14(18(20)22)16(12-13(15)17(19)21)24-10-8-6-4-2/h11-12H,3-10H2,1-2H3. The van der Waals surface area contributed by atoms with Gasteiger partial charge in [0.1, 0.15) is 11.5 Å². The number of carbonyl (C=O) groups excluding carboxylic acids is 2. The van der Waals surface area contributed by atoms with Crippen LogP contribution in [0.15, 0.2) is 12.1 Å². The number of halogens is 2. The molecule has 0 aliphatic rings. The van der Waals surface area contributed by atoms with Crippen LogP contribution in [0.5, 0.6) is 11.5 Å². The highest BCUT2D eigenvalue weighted by molar-refractivity contribution is 6.69. The lowest BCUT2D eigenvalue weighted by Gasteiger charge is -2.14. The van der Waals surface area contributed by atoms with Crippen molar-refractivity contribution < 1.29 is 19.1 Å². The second-order valence-electron chi connectivity index (χ2n) is 5.50. The molecule has 0 unspecified atom stereocenters. The summed E-state index contributed by atoms with van der Waals surface area (Å²) in [4.78, 5) is 23.4. The minimum Gasteiger partial charge on any atom is -0.493 e. The molecule has 0 spiro atoms. The Balaban J connectivity index is 3.00. The van der Waals surface area contributed by atoms with Gasteiger partial charge in [0.15, 0.2) is 0 Å². The van der Waals surface area contributed by atoms with Gasteiger partial charge in [0.05, 0.1) is 24.3 Å². The van der Waals surface area contributed by atoms with Gasteiger partial charge in [-0.3, -0.25) is 9.59 Å². The molecule has 4 nitrogen and oxygen atoms in total. The number of unbranched alkanes of at least 4 members (excludes halogenated alkanes) is 4. The summed E-state index contributed by atoms with van der Waals surface area (Å²) in [5.41, 5.74) is 0.362. The van der Waals surface area contributed by atoms with Crippen LogP contribution in [0.3, 0.4) is 0 Å². The molecular formula is C18H24Cl2O4. The first kappa shape index (κ1) is 20.8. The van der Waals surface area contributed by atoms with Crippen LogP contribution in [0.2, 0.25) is 0 Å². The minimum atomic E-state index is -0.660. The van der Waals surface area contributed by atoms with Crippen LogP contribution < -0.4 is 9.47 Å². The maximum Gasteiger partial charge on any atom is 0.256 e. The van der Waals surface area contributed by atoms with E-state index < -0.39 is 10.5 Å². The fraction of sp³-hybridized carbons (Fsp3) is 0.556. The van der Waals surface area contributed by atoms with Gasteiger partial charge in [0, 0.05) is 0 Å². The molecule has 1 rings (SSSR count). The first-order valence-corrected chi connectivity index (χ1v) is 9.10. The van der Waals surface area contributed by atoms with Gasteiger partial charge in [0.25, 0.3) is 10.5 Å². The number of benzene rings is 1. The normalized spacial score (nSPS) is 10.5.